The first-order chi connectivity index (χ1) is 8.77. The van der Waals surface area contributed by atoms with Crippen LogP contribution in [0.2, 0.25) is 10.0 Å². The minimum absolute atomic E-state index is 0. The molecular formula is C15H20Cl3N. The molecule has 0 unspecified atom stereocenters. The molecule has 0 heterocycles. The van der Waals surface area contributed by atoms with Crippen molar-refractivity contribution in [1.29, 1.82) is 0 Å². The van der Waals surface area contributed by atoms with Gasteiger partial charge in [-0.3, -0.25) is 0 Å². The number of allylic oxidation sites excluding steroid dienone is 1. The van der Waals surface area contributed by atoms with Gasteiger partial charge < -0.3 is 5.32 Å². The Labute approximate surface area is 131 Å². The van der Waals surface area contributed by atoms with E-state index in [1.807, 2.05) is 18.2 Å². The summed E-state index contributed by atoms with van der Waals surface area (Å²) in [5, 5.41) is 4.73. The van der Waals surface area contributed by atoms with Crippen molar-refractivity contribution in [3.63, 3.8) is 0 Å². The van der Waals surface area contributed by atoms with Crippen LogP contribution in [0, 0.1) is 0 Å². The Hall–Kier alpha value is -0.210. The van der Waals surface area contributed by atoms with Crippen molar-refractivity contribution < 1.29 is 0 Å². The summed E-state index contributed by atoms with van der Waals surface area (Å²) in [5.41, 5.74) is 2.67. The molecule has 1 aromatic carbocycles. The molecule has 0 aliphatic heterocycles. The van der Waals surface area contributed by atoms with Crippen LogP contribution in [0.5, 0.6) is 0 Å². The van der Waals surface area contributed by atoms with E-state index in [1.165, 1.54) is 25.7 Å². The molecule has 0 atom stereocenters. The van der Waals surface area contributed by atoms with Gasteiger partial charge in [0.05, 0.1) is 10.0 Å². The van der Waals surface area contributed by atoms with Crippen molar-refractivity contribution >= 4 is 35.6 Å². The Morgan fingerprint density at radius 3 is 2.74 bits per heavy atom. The number of halogens is 3. The molecule has 0 fully saturated rings. The van der Waals surface area contributed by atoms with Crippen LogP contribution >= 0.6 is 35.6 Å². The molecule has 0 saturated carbocycles. The summed E-state index contributed by atoms with van der Waals surface area (Å²) in [6.45, 7) is 1.79. The van der Waals surface area contributed by atoms with Gasteiger partial charge in [-0.25, -0.2) is 0 Å². The summed E-state index contributed by atoms with van der Waals surface area (Å²) in [5.74, 6) is 0. The van der Waals surface area contributed by atoms with Crippen LogP contribution in [0.3, 0.4) is 0 Å². The van der Waals surface area contributed by atoms with E-state index in [9.17, 15) is 0 Å². The third-order valence-corrected chi connectivity index (χ3v) is 4.21. The molecule has 1 aromatic rings. The van der Waals surface area contributed by atoms with Crippen LogP contribution in [0.4, 0.5) is 0 Å². The summed E-state index contributed by atoms with van der Waals surface area (Å²) in [6.07, 6.45) is 8.80. The highest BCUT2D eigenvalue weighted by Gasteiger charge is 2.05. The predicted octanol–water partition coefficient (Wildman–Crippen LogP) is 5.40. The highest BCUT2D eigenvalue weighted by molar-refractivity contribution is 6.42. The molecule has 1 N–H and O–H groups in total. The van der Waals surface area contributed by atoms with Crippen molar-refractivity contribution in [1.82, 2.24) is 5.32 Å². The van der Waals surface area contributed by atoms with Gasteiger partial charge in [-0.15, -0.1) is 12.4 Å². The largest absolute Gasteiger partial charge is 0.312 e. The number of rotatable bonds is 5. The van der Waals surface area contributed by atoms with Crippen LogP contribution in [0.1, 0.15) is 37.7 Å². The van der Waals surface area contributed by atoms with E-state index >= 15 is 0 Å². The highest BCUT2D eigenvalue weighted by Crippen LogP contribution is 2.25. The first-order valence-electron chi connectivity index (χ1n) is 6.59. The first-order valence-corrected chi connectivity index (χ1v) is 7.34. The molecule has 19 heavy (non-hydrogen) atoms. The number of nitrogens with one attached hydrogen (secondary N) is 1. The SMILES string of the molecule is Cl.Clc1cccc(CNCCC2=CCCCC2)c1Cl. The fourth-order valence-electron chi connectivity index (χ4n) is 2.29. The molecule has 106 valence electrons. The maximum Gasteiger partial charge on any atom is 0.0637 e. The van der Waals surface area contributed by atoms with Crippen molar-refractivity contribution in [2.75, 3.05) is 6.54 Å². The van der Waals surface area contributed by atoms with Gasteiger partial charge in [-0.2, -0.15) is 0 Å². The van der Waals surface area contributed by atoms with Crippen LogP contribution in [0.25, 0.3) is 0 Å². The van der Waals surface area contributed by atoms with Crippen LogP contribution in [0.15, 0.2) is 29.8 Å². The second-order valence-electron chi connectivity index (χ2n) is 4.75. The topological polar surface area (TPSA) is 12.0 Å². The number of benzene rings is 1. The first kappa shape index (κ1) is 16.8. The molecule has 2 rings (SSSR count). The van der Waals surface area contributed by atoms with E-state index < -0.39 is 0 Å². The zero-order valence-electron chi connectivity index (χ0n) is 10.9. The van der Waals surface area contributed by atoms with Crippen molar-refractivity contribution in [3.05, 3.63) is 45.5 Å². The normalized spacial score (nSPS) is 14.7. The smallest absolute Gasteiger partial charge is 0.0637 e. The number of hydrogen-bond acceptors (Lipinski definition) is 1. The fraction of sp³-hybridized carbons (Fsp3) is 0.467. The second kappa shape index (κ2) is 8.86. The summed E-state index contributed by atoms with van der Waals surface area (Å²) >= 11 is 12.1. The van der Waals surface area contributed by atoms with E-state index in [1.54, 1.807) is 5.57 Å². The molecule has 1 aliphatic carbocycles. The Kier molecular flexibility index (Phi) is 7.86. The fourth-order valence-corrected chi connectivity index (χ4v) is 2.68. The molecular weight excluding hydrogens is 301 g/mol. The summed E-state index contributed by atoms with van der Waals surface area (Å²) < 4.78 is 0. The third kappa shape index (κ3) is 5.35. The Bertz CT molecular complexity index is 429. The second-order valence-corrected chi connectivity index (χ2v) is 5.53. The lowest BCUT2D eigenvalue weighted by molar-refractivity contribution is 0.632. The van der Waals surface area contributed by atoms with E-state index in [0.29, 0.717) is 10.0 Å². The van der Waals surface area contributed by atoms with Crippen LogP contribution < -0.4 is 5.32 Å². The summed E-state index contributed by atoms with van der Waals surface area (Å²) in [4.78, 5) is 0. The van der Waals surface area contributed by atoms with Crippen molar-refractivity contribution in [2.24, 2.45) is 0 Å². The standard InChI is InChI=1S/C15H19Cl2N.ClH/c16-14-8-4-7-13(15(14)17)11-18-10-9-12-5-2-1-3-6-12;/h4-5,7-8,18H,1-3,6,9-11H2;1H. The molecule has 1 nitrogen and oxygen atoms in total. The zero-order chi connectivity index (χ0) is 12.8. The van der Waals surface area contributed by atoms with E-state index in [4.69, 9.17) is 23.2 Å². The summed E-state index contributed by atoms with van der Waals surface area (Å²) in [7, 11) is 0. The van der Waals surface area contributed by atoms with Gasteiger partial charge in [0.25, 0.3) is 0 Å². The molecule has 0 bridgehead atoms. The minimum Gasteiger partial charge on any atom is -0.312 e. The molecule has 0 saturated heterocycles. The van der Waals surface area contributed by atoms with Gasteiger partial charge in [0.2, 0.25) is 0 Å². The van der Waals surface area contributed by atoms with E-state index in [0.717, 1.165) is 25.1 Å². The lowest BCUT2D eigenvalue weighted by Gasteiger charge is -2.13. The Morgan fingerprint density at radius 2 is 2.00 bits per heavy atom. The van der Waals surface area contributed by atoms with Gasteiger partial charge in [-0.1, -0.05) is 47.0 Å². The lowest BCUT2D eigenvalue weighted by atomic mass is 9.97. The molecule has 4 heteroatoms. The zero-order valence-corrected chi connectivity index (χ0v) is 13.3. The maximum atomic E-state index is 6.14. The van der Waals surface area contributed by atoms with Gasteiger partial charge in [0.15, 0.2) is 0 Å². The van der Waals surface area contributed by atoms with Gasteiger partial charge in [0, 0.05) is 6.54 Å². The van der Waals surface area contributed by atoms with Crippen molar-refractivity contribution in [2.45, 2.75) is 38.6 Å². The monoisotopic (exact) mass is 319 g/mol. The van der Waals surface area contributed by atoms with Gasteiger partial charge >= 0.3 is 0 Å². The molecule has 0 radical (unpaired) electrons. The Balaban J connectivity index is 0.00000180. The average Bonchev–Trinajstić information content (AvgIpc) is 2.40. The molecule has 0 aromatic heterocycles. The Morgan fingerprint density at radius 1 is 1.16 bits per heavy atom. The van der Waals surface area contributed by atoms with Gasteiger partial charge in [-0.05, 0) is 50.3 Å². The molecule has 0 spiro atoms. The van der Waals surface area contributed by atoms with Crippen LogP contribution in [-0.4, -0.2) is 6.54 Å². The van der Waals surface area contributed by atoms with Crippen molar-refractivity contribution in [3.8, 4) is 0 Å². The third-order valence-electron chi connectivity index (χ3n) is 3.35. The minimum atomic E-state index is 0. The highest BCUT2D eigenvalue weighted by atomic mass is 35.5. The average molecular weight is 321 g/mol. The maximum absolute atomic E-state index is 6.14. The quantitative estimate of drug-likeness (QED) is 0.566. The van der Waals surface area contributed by atoms with Crippen LogP contribution in [-0.2, 0) is 6.54 Å². The predicted molar refractivity (Wildman–Crippen MR) is 86.6 cm³/mol. The van der Waals surface area contributed by atoms with E-state index in [2.05, 4.69) is 11.4 Å². The number of hydrogen-bond donors (Lipinski definition) is 1. The summed E-state index contributed by atoms with van der Waals surface area (Å²) in [6, 6.07) is 5.77. The van der Waals surface area contributed by atoms with Gasteiger partial charge in [0.1, 0.15) is 0 Å². The molecule has 1 aliphatic rings. The molecule has 0 amide bonds. The van der Waals surface area contributed by atoms with E-state index in [-0.39, 0.29) is 12.4 Å². The lowest BCUT2D eigenvalue weighted by Crippen LogP contribution is -2.16.